The van der Waals surface area contributed by atoms with Gasteiger partial charge in [0.05, 0.1) is 39.9 Å². The molecule has 0 aliphatic carbocycles. The lowest BCUT2D eigenvalue weighted by Gasteiger charge is -2.29. The lowest BCUT2D eigenvalue weighted by Crippen LogP contribution is -2.45. The Hall–Kier alpha value is -2.32. The molecule has 0 aliphatic heterocycles. The van der Waals surface area contributed by atoms with Gasteiger partial charge in [-0.2, -0.15) is 0 Å². The third kappa shape index (κ3) is 57.2. The van der Waals surface area contributed by atoms with Gasteiger partial charge in [0.2, 0.25) is 5.91 Å². The molecule has 1 amide bonds. The maximum absolute atomic E-state index is 13.0. The molecule has 424 valence electrons. The molecule has 0 bridgehead atoms. The quantitative estimate of drug-likeness (QED) is 0.0272. The average Bonchev–Trinajstić information content (AvgIpc) is 3.35. The van der Waals surface area contributed by atoms with Crippen LogP contribution in [0.4, 0.5) is 0 Å². The second-order valence-electron chi connectivity index (χ2n) is 21.7. The number of aliphatic hydroxyl groups excluding tert-OH is 1. The summed E-state index contributed by atoms with van der Waals surface area (Å²) in [7, 11) is 1.24. The molecule has 8 nitrogen and oxygen atoms in total. The fourth-order valence-electron chi connectivity index (χ4n) is 8.61. The number of unbranched alkanes of at least 4 members (excludes halogenated alkanes) is 30. The minimum absolute atomic E-state index is 0.00858. The second-order valence-corrected chi connectivity index (χ2v) is 23.1. The Kier molecular flexibility index (Phi) is 52.7. The van der Waals surface area contributed by atoms with E-state index in [1.807, 2.05) is 27.2 Å². The largest absolute Gasteiger partial charge is 0.756 e. The van der Waals surface area contributed by atoms with Crippen LogP contribution in [-0.4, -0.2) is 68.5 Å². The molecule has 0 aromatic carbocycles. The first kappa shape index (κ1) is 70.7. The summed E-state index contributed by atoms with van der Waals surface area (Å²) in [4.78, 5) is 25.5. The third-order valence-corrected chi connectivity index (χ3v) is 14.3. The van der Waals surface area contributed by atoms with Crippen molar-refractivity contribution in [2.45, 2.75) is 276 Å². The molecular formula is C64H117N2O6P. The normalized spacial score (nSPS) is 14.5. The van der Waals surface area contributed by atoms with Crippen LogP contribution in [0.25, 0.3) is 0 Å². The molecule has 9 heteroatoms. The van der Waals surface area contributed by atoms with E-state index < -0.39 is 26.6 Å². The van der Waals surface area contributed by atoms with Crippen molar-refractivity contribution in [3.8, 4) is 0 Å². The summed E-state index contributed by atoms with van der Waals surface area (Å²) in [5.41, 5.74) is 0. The number of rotatable bonds is 55. The van der Waals surface area contributed by atoms with E-state index >= 15 is 0 Å². The SMILES string of the molecule is CC/C=C\C/C=C\C/C=C\C/C=C\C/C=C\CCCCCCCCCCCCCCCCCC(=O)NC(COP(=O)([O-])OCC[N+](C)(C)C)C(O)/C=C/CC/C=C/CCCCCCCCCCCCCCCC. The molecule has 0 radical (unpaired) electrons. The van der Waals surface area contributed by atoms with Gasteiger partial charge in [-0.25, -0.2) is 0 Å². The molecule has 3 unspecified atom stereocenters. The Balaban J connectivity index is 4.17. The van der Waals surface area contributed by atoms with Crippen LogP contribution in [0.2, 0.25) is 0 Å². The van der Waals surface area contributed by atoms with E-state index in [1.54, 1.807) is 6.08 Å². The highest BCUT2D eigenvalue weighted by atomic mass is 31.2. The average molecular weight is 1040 g/mol. The number of likely N-dealkylation sites (N-methyl/N-ethyl adjacent to an activating group) is 1. The van der Waals surface area contributed by atoms with Crippen molar-refractivity contribution in [2.75, 3.05) is 40.9 Å². The number of aliphatic hydroxyl groups is 1. The molecule has 0 aliphatic rings. The predicted molar refractivity (Wildman–Crippen MR) is 316 cm³/mol. The van der Waals surface area contributed by atoms with Gasteiger partial charge < -0.3 is 28.8 Å². The molecule has 0 aromatic rings. The third-order valence-electron chi connectivity index (χ3n) is 13.3. The highest BCUT2D eigenvalue weighted by molar-refractivity contribution is 7.45. The maximum atomic E-state index is 13.0. The number of allylic oxidation sites excluding steroid dienone is 13. The zero-order chi connectivity index (χ0) is 53.5. The van der Waals surface area contributed by atoms with Crippen LogP contribution in [0.5, 0.6) is 0 Å². The van der Waals surface area contributed by atoms with Crippen LogP contribution >= 0.6 is 7.82 Å². The lowest BCUT2D eigenvalue weighted by molar-refractivity contribution is -0.870. The van der Waals surface area contributed by atoms with E-state index in [0.717, 1.165) is 70.6 Å². The van der Waals surface area contributed by atoms with E-state index in [1.165, 1.54) is 173 Å². The Morgan fingerprint density at radius 2 is 0.849 bits per heavy atom. The number of quaternary nitrogens is 1. The number of nitrogens with zero attached hydrogens (tertiary/aromatic N) is 1. The maximum Gasteiger partial charge on any atom is 0.268 e. The highest BCUT2D eigenvalue weighted by Gasteiger charge is 2.23. The predicted octanol–water partition coefficient (Wildman–Crippen LogP) is 18.2. The van der Waals surface area contributed by atoms with Crippen LogP contribution in [-0.2, 0) is 18.4 Å². The molecule has 0 spiro atoms. The fraction of sp³-hybridized carbons (Fsp3) is 0.766. The zero-order valence-electron chi connectivity index (χ0n) is 48.3. The van der Waals surface area contributed by atoms with Gasteiger partial charge in [0, 0.05) is 6.42 Å². The van der Waals surface area contributed by atoms with Gasteiger partial charge in [-0.15, -0.1) is 0 Å². The number of phosphoric acid groups is 1. The summed E-state index contributed by atoms with van der Waals surface area (Å²) < 4.78 is 23.4. The monoisotopic (exact) mass is 1040 g/mol. The van der Waals surface area contributed by atoms with Crippen LogP contribution in [0.1, 0.15) is 264 Å². The first-order valence-electron chi connectivity index (χ1n) is 30.4. The van der Waals surface area contributed by atoms with Crippen molar-refractivity contribution in [1.82, 2.24) is 5.32 Å². The van der Waals surface area contributed by atoms with Crippen molar-refractivity contribution in [3.63, 3.8) is 0 Å². The van der Waals surface area contributed by atoms with Crippen LogP contribution < -0.4 is 10.2 Å². The number of amides is 1. The number of phosphoric ester groups is 1. The molecule has 0 saturated heterocycles. The van der Waals surface area contributed by atoms with E-state index in [-0.39, 0.29) is 12.5 Å². The Labute approximate surface area is 452 Å². The molecule has 0 fully saturated rings. The van der Waals surface area contributed by atoms with Gasteiger partial charge >= 0.3 is 0 Å². The fourth-order valence-corrected chi connectivity index (χ4v) is 9.33. The van der Waals surface area contributed by atoms with Crippen molar-refractivity contribution in [1.29, 1.82) is 0 Å². The van der Waals surface area contributed by atoms with Gasteiger partial charge in [0.15, 0.2) is 0 Å². The van der Waals surface area contributed by atoms with Gasteiger partial charge in [-0.05, 0) is 77.0 Å². The van der Waals surface area contributed by atoms with Gasteiger partial charge in [-0.3, -0.25) is 9.36 Å². The summed E-state index contributed by atoms with van der Waals surface area (Å²) in [5, 5.41) is 13.9. The topological polar surface area (TPSA) is 108 Å². The smallest absolute Gasteiger partial charge is 0.268 e. The van der Waals surface area contributed by atoms with E-state index in [0.29, 0.717) is 17.4 Å². The minimum Gasteiger partial charge on any atom is -0.756 e. The van der Waals surface area contributed by atoms with Crippen molar-refractivity contribution < 1.29 is 32.9 Å². The van der Waals surface area contributed by atoms with E-state index in [4.69, 9.17) is 9.05 Å². The standard InChI is InChI=1S/C64H117N2O6P/c1-6-8-10-12-14-16-18-20-22-24-26-28-29-30-31-32-33-34-35-36-37-38-40-42-44-46-48-50-52-54-56-58-64(68)65-62(61-72-73(69,70)71-60-59-66(3,4)5)63(67)57-55-53-51-49-47-45-43-41-39-27-25-23-21-19-17-15-13-11-9-7-2/h8,10,14,16,20,22,26,28,30-31,47,49,55,57,62-63,67H,6-7,9,11-13,15,17-19,21,23-25,27,29,32-46,48,50-54,56,58-61H2,1-5H3,(H-,65,68,69,70)/b10-8-,16-14-,22-20-,28-26-,31-30-,49-47+,57-55+. The molecule has 73 heavy (non-hydrogen) atoms. The van der Waals surface area contributed by atoms with Crippen molar-refractivity contribution >= 4 is 13.7 Å². The van der Waals surface area contributed by atoms with Gasteiger partial charge in [0.1, 0.15) is 13.2 Å². The molecule has 0 saturated carbocycles. The first-order valence-corrected chi connectivity index (χ1v) is 31.9. The van der Waals surface area contributed by atoms with Crippen LogP contribution in [0, 0.1) is 0 Å². The summed E-state index contributed by atoms with van der Waals surface area (Å²) in [6.07, 6.45) is 76.7. The highest BCUT2D eigenvalue weighted by Crippen LogP contribution is 2.38. The second kappa shape index (κ2) is 54.5. The van der Waals surface area contributed by atoms with E-state index in [2.05, 4.69) is 92.1 Å². The molecular weight excluding hydrogens is 924 g/mol. The summed E-state index contributed by atoms with van der Waals surface area (Å²) >= 11 is 0. The molecule has 0 aromatic heterocycles. The molecule has 0 rings (SSSR count). The summed E-state index contributed by atoms with van der Waals surface area (Å²) in [6, 6.07) is -0.908. The number of nitrogens with one attached hydrogen (secondary N) is 1. The Morgan fingerprint density at radius 1 is 0.493 bits per heavy atom. The summed E-state index contributed by atoms with van der Waals surface area (Å²) in [5.74, 6) is -0.208. The molecule has 3 atom stereocenters. The lowest BCUT2D eigenvalue weighted by atomic mass is 10.0. The van der Waals surface area contributed by atoms with Gasteiger partial charge in [-0.1, -0.05) is 266 Å². The summed E-state index contributed by atoms with van der Waals surface area (Å²) in [6.45, 7) is 4.53. The first-order chi connectivity index (χ1) is 35.5. The number of hydrogen-bond donors (Lipinski definition) is 2. The molecule has 0 heterocycles. The number of hydrogen-bond acceptors (Lipinski definition) is 6. The van der Waals surface area contributed by atoms with Crippen molar-refractivity contribution in [2.24, 2.45) is 0 Å². The molecule has 2 N–H and O–H groups in total. The van der Waals surface area contributed by atoms with Crippen LogP contribution in [0.3, 0.4) is 0 Å². The Morgan fingerprint density at radius 3 is 1.27 bits per heavy atom. The van der Waals surface area contributed by atoms with Gasteiger partial charge in [0.25, 0.3) is 7.82 Å². The van der Waals surface area contributed by atoms with E-state index in [9.17, 15) is 19.4 Å². The van der Waals surface area contributed by atoms with Crippen LogP contribution in [0.15, 0.2) is 85.1 Å². The zero-order valence-corrected chi connectivity index (χ0v) is 49.2. The number of carbonyl (C=O) groups excluding carboxylic acids is 1. The Bertz CT molecular complexity index is 1460. The number of carbonyl (C=O) groups is 1. The van der Waals surface area contributed by atoms with Crippen molar-refractivity contribution in [3.05, 3.63) is 85.1 Å². The minimum atomic E-state index is -4.61.